The van der Waals surface area contributed by atoms with Crippen LogP contribution >= 0.6 is 11.9 Å². The summed E-state index contributed by atoms with van der Waals surface area (Å²) in [7, 11) is 0. The van der Waals surface area contributed by atoms with Crippen LogP contribution < -0.4 is 5.73 Å². The summed E-state index contributed by atoms with van der Waals surface area (Å²) < 4.78 is 28.9. The van der Waals surface area contributed by atoms with Crippen molar-refractivity contribution >= 4 is 23.3 Å². The highest BCUT2D eigenvalue weighted by molar-refractivity contribution is 7.97. The summed E-state index contributed by atoms with van der Waals surface area (Å²) >= 11 is 1.50. The number of benzene rings is 1. The lowest BCUT2D eigenvalue weighted by Gasteiger charge is -2.45. The maximum absolute atomic E-state index is 13.5. The van der Waals surface area contributed by atoms with Crippen LogP contribution in [0.15, 0.2) is 88.7 Å². The Morgan fingerprint density at radius 2 is 2.00 bits per heavy atom. The molecule has 0 amide bonds. The minimum atomic E-state index is -0.344. The molecule has 0 bridgehead atoms. The number of halogens is 2. The summed E-state index contributed by atoms with van der Waals surface area (Å²) in [6.45, 7) is 5.64. The average Bonchev–Trinajstić information content (AvgIpc) is 2.75. The van der Waals surface area contributed by atoms with Crippen LogP contribution in [0.2, 0.25) is 0 Å². The lowest BCUT2D eigenvalue weighted by Crippen LogP contribution is -2.43. The van der Waals surface area contributed by atoms with Crippen molar-refractivity contribution in [1.29, 1.82) is 0 Å². The number of piperidine rings is 1. The number of rotatable bonds is 4. The molecule has 1 atom stereocenters. The fraction of sp³-hybridized carbons (Fsp3) is 0.217. The molecule has 1 aliphatic heterocycles. The van der Waals surface area contributed by atoms with Crippen molar-refractivity contribution in [2.24, 2.45) is 16.1 Å². The number of hydrogen-bond acceptors (Lipinski definition) is 5. The Kier molecular flexibility index (Phi) is 5.83. The molecule has 154 valence electrons. The number of nitrogens with two attached hydrogens (primary N) is 1. The van der Waals surface area contributed by atoms with Gasteiger partial charge < -0.3 is 5.73 Å². The molecule has 1 aliphatic carbocycles. The number of aliphatic imine (C=N–C) groups is 1. The number of fused-ring (bicyclic) bond motifs is 1. The van der Waals surface area contributed by atoms with E-state index in [0.29, 0.717) is 12.1 Å². The third-order valence-corrected chi connectivity index (χ3v) is 6.46. The standard InChI is InChI=1S/C23H22F2N4S/c1-2-23-11-16(12-26)22(28-20-5-3-18(24)4-6-20)9-17(23)7-8-29(15-23)30-21-10-19(25)13-27-14-21/h2-6,9-10,12-14H,1,7-8,11,15,26H2. The quantitative estimate of drug-likeness (QED) is 0.542. The monoisotopic (exact) mass is 424 g/mol. The topological polar surface area (TPSA) is 54.5 Å². The van der Waals surface area contributed by atoms with Crippen LogP contribution in [-0.4, -0.2) is 28.1 Å². The van der Waals surface area contributed by atoms with Crippen LogP contribution in [0.3, 0.4) is 0 Å². The first-order chi connectivity index (χ1) is 14.5. The van der Waals surface area contributed by atoms with E-state index in [-0.39, 0.29) is 17.0 Å². The van der Waals surface area contributed by atoms with Gasteiger partial charge in [-0.3, -0.25) is 4.98 Å². The number of hydrogen-bond donors (Lipinski definition) is 1. The van der Waals surface area contributed by atoms with E-state index in [4.69, 9.17) is 5.73 Å². The van der Waals surface area contributed by atoms with E-state index in [1.54, 1.807) is 24.5 Å². The van der Waals surface area contributed by atoms with Gasteiger partial charge in [-0.1, -0.05) is 11.6 Å². The van der Waals surface area contributed by atoms with Crippen LogP contribution in [0.1, 0.15) is 12.8 Å². The van der Waals surface area contributed by atoms with Crippen molar-refractivity contribution in [2.75, 3.05) is 13.1 Å². The average molecular weight is 425 g/mol. The number of pyridine rings is 1. The predicted octanol–water partition coefficient (Wildman–Crippen LogP) is 5.19. The Labute approximate surface area is 179 Å². The van der Waals surface area contributed by atoms with Crippen molar-refractivity contribution in [3.05, 3.63) is 90.4 Å². The highest BCUT2D eigenvalue weighted by Gasteiger charge is 2.41. The van der Waals surface area contributed by atoms with Crippen LogP contribution in [0.25, 0.3) is 0 Å². The first kappa shape index (κ1) is 20.5. The molecule has 1 unspecified atom stereocenters. The van der Waals surface area contributed by atoms with Gasteiger partial charge in [-0.25, -0.2) is 18.1 Å². The third kappa shape index (κ3) is 4.22. The van der Waals surface area contributed by atoms with E-state index < -0.39 is 0 Å². The molecule has 4 nitrogen and oxygen atoms in total. The Bertz CT molecular complexity index is 1050. The molecule has 0 radical (unpaired) electrons. The predicted molar refractivity (Wildman–Crippen MR) is 117 cm³/mol. The van der Waals surface area contributed by atoms with Crippen molar-refractivity contribution < 1.29 is 8.78 Å². The fourth-order valence-electron chi connectivity index (χ4n) is 3.90. The van der Waals surface area contributed by atoms with Gasteiger partial charge in [0, 0.05) is 29.6 Å². The summed E-state index contributed by atoms with van der Waals surface area (Å²) in [5.41, 5.74) is 9.33. The SMILES string of the molecule is C=CC12CC(=CN)C(=Nc3ccc(F)cc3)C=C1CCN(Sc1cncc(F)c1)C2. The van der Waals surface area contributed by atoms with Gasteiger partial charge in [0.05, 0.1) is 17.6 Å². The molecule has 7 heteroatoms. The van der Waals surface area contributed by atoms with E-state index in [1.165, 1.54) is 41.9 Å². The van der Waals surface area contributed by atoms with Crippen molar-refractivity contribution in [1.82, 2.24) is 9.29 Å². The molecule has 1 saturated heterocycles. The zero-order valence-electron chi connectivity index (χ0n) is 16.4. The lowest BCUT2D eigenvalue weighted by atomic mass is 9.67. The summed E-state index contributed by atoms with van der Waals surface area (Å²) in [4.78, 5) is 9.39. The second-order valence-corrected chi connectivity index (χ2v) is 8.59. The molecule has 2 aromatic rings. The van der Waals surface area contributed by atoms with Gasteiger partial charge in [0.1, 0.15) is 11.6 Å². The summed E-state index contributed by atoms with van der Waals surface area (Å²) in [5.74, 6) is -0.636. The second kappa shape index (κ2) is 8.53. The maximum atomic E-state index is 13.5. The van der Waals surface area contributed by atoms with Crippen molar-refractivity contribution in [3.8, 4) is 0 Å². The molecule has 1 aromatic carbocycles. The Morgan fingerprint density at radius 1 is 1.20 bits per heavy atom. The Balaban J connectivity index is 1.61. The van der Waals surface area contributed by atoms with Gasteiger partial charge in [0.25, 0.3) is 0 Å². The van der Waals surface area contributed by atoms with Gasteiger partial charge in [-0.15, -0.1) is 6.58 Å². The minimum absolute atomic E-state index is 0.265. The molecule has 2 aliphatic rings. The van der Waals surface area contributed by atoms with E-state index in [9.17, 15) is 8.78 Å². The van der Waals surface area contributed by atoms with E-state index in [2.05, 4.69) is 26.9 Å². The first-order valence-corrected chi connectivity index (χ1v) is 10.4. The zero-order valence-corrected chi connectivity index (χ0v) is 17.2. The van der Waals surface area contributed by atoms with Crippen LogP contribution in [0.5, 0.6) is 0 Å². The Morgan fingerprint density at radius 3 is 2.70 bits per heavy atom. The van der Waals surface area contributed by atoms with Crippen LogP contribution in [0, 0.1) is 17.0 Å². The van der Waals surface area contributed by atoms with Gasteiger partial charge in [-0.05, 0) is 73.0 Å². The summed E-state index contributed by atoms with van der Waals surface area (Å²) in [5, 5.41) is 0. The number of allylic oxidation sites excluding steroid dienone is 2. The highest BCUT2D eigenvalue weighted by atomic mass is 32.2. The van der Waals surface area contributed by atoms with Gasteiger partial charge >= 0.3 is 0 Å². The molecule has 2 N–H and O–H groups in total. The van der Waals surface area contributed by atoms with Crippen LogP contribution in [0.4, 0.5) is 14.5 Å². The molecular formula is C23H22F2N4S. The van der Waals surface area contributed by atoms with E-state index in [0.717, 1.165) is 35.7 Å². The third-order valence-electron chi connectivity index (χ3n) is 5.46. The molecule has 0 saturated carbocycles. The normalized spacial score (nSPS) is 24.5. The Hall–Kier alpha value is -2.77. The van der Waals surface area contributed by atoms with Gasteiger partial charge in [-0.2, -0.15) is 0 Å². The summed E-state index contributed by atoms with van der Waals surface area (Å²) in [6.07, 6.45) is 10.0. The van der Waals surface area contributed by atoms with Crippen molar-refractivity contribution in [3.63, 3.8) is 0 Å². The van der Waals surface area contributed by atoms with Gasteiger partial charge in [0.2, 0.25) is 0 Å². The molecule has 2 heterocycles. The number of nitrogens with zero attached hydrogens (tertiary/aromatic N) is 3. The number of aromatic nitrogens is 1. The molecule has 1 fully saturated rings. The van der Waals surface area contributed by atoms with Gasteiger partial charge in [0.15, 0.2) is 0 Å². The first-order valence-electron chi connectivity index (χ1n) is 9.65. The summed E-state index contributed by atoms with van der Waals surface area (Å²) in [6, 6.07) is 7.58. The smallest absolute Gasteiger partial charge is 0.142 e. The van der Waals surface area contributed by atoms with Crippen molar-refractivity contribution in [2.45, 2.75) is 17.7 Å². The molecular weight excluding hydrogens is 402 g/mol. The van der Waals surface area contributed by atoms with E-state index >= 15 is 0 Å². The molecule has 30 heavy (non-hydrogen) atoms. The minimum Gasteiger partial charge on any atom is -0.404 e. The van der Waals surface area contributed by atoms with E-state index in [1.807, 2.05) is 6.08 Å². The largest absolute Gasteiger partial charge is 0.404 e. The lowest BCUT2D eigenvalue weighted by molar-refractivity contribution is 0.278. The molecule has 4 rings (SSSR count). The molecule has 0 spiro atoms. The highest BCUT2D eigenvalue weighted by Crippen LogP contribution is 2.47. The zero-order chi connectivity index (χ0) is 21.1. The fourth-order valence-corrected chi connectivity index (χ4v) is 4.95. The van der Waals surface area contributed by atoms with Crippen LogP contribution in [-0.2, 0) is 0 Å². The second-order valence-electron chi connectivity index (χ2n) is 7.42. The molecule has 1 aromatic heterocycles. The maximum Gasteiger partial charge on any atom is 0.142 e.